The molecule has 0 bridgehead atoms. The van der Waals surface area contributed by atoms with Crippen molar-refractivity contribution >= 4 is 0 Å². The van der Waals surface area contributed by atoms with Crippen molar-refractivity contribution in [1.29, 1.82) is 0 Å². The second-order valence-corrected chi connectivity index (χ2v) is 3.07. The van der Waals surface area contributed by atoms with Crippen LogP contribution in [-0.4, -0.2) is 13.2 Å². The summed E-state index contributed by atoms with van der Waals surface area (Å²) in [7, 11) is 0. The first-order valence-electron chi connectivity index (χ1n) is 4.51. The average molecular weight is 211 g/mol. The molecule has 15 heavy (non-hydrogen) atoms. The molecule has 0 saturated carbocycles. The predicted octanol–water partition coefficient (Wildman–Crippen LogP) is 3.06. The normalized spacial score (nSPS) is 10.1. The largest absolute Gasteiger partial charge is 0.434 e. The standard InChI is InChI=1S/C11H11F2NO/c1-8-4-3-5-9(6-7-14-2)10(8)15-11(12)13/h3-5,11H,6-7H2,1H3. The molecule has 0 spiro atoms. The Bertz CT molecular complexity index is 371. The molecule has 0 unspecified atom stereocenters. The van der Waals surface area contributed by atoms with Gasteiger partial charge in [0.25, 0.3) is 0 Å². The molecule has 0 radical (unpaired) electrons. The van der Waals surface area contributed by atoms with Gasteiger partial charge in [-0.15, -0.1) is 0 Å². The van der Waals surface area contributed by atoms with Crippen LogP contribution in [0.4, 0.5) is 8.78 Å². The van der Waals surface area contributed by atoms with Gasteiger partial charge in [-0.2, -0.15) is 8.78 Å². The number of rotatable bonds is 4. The van der Waals surface area contributed by atoms with Gasteiger partial charge in [0, 0.05) is 12.0 Å². The lowest BCUT2D eigenvalue weighted by Gasteiger charge is -2.11. The summed E-state index contributed by atoms with van der Waals surface area (Å²) in [5, 5.41) is 0. The maximum atomic E-state index is 12.1. The van der Waals surface area contributed by atoms with Crippen LogP contribution in [0.1, 0.15) is 11.1 Å². The number of hydrogen-bond donors (Lipinski definition) is 0. The predicted molar refractivity (Wildman–Crippen MR) is 53.0 cm³/mol. The Morgan fingerprint density at radius 2 is 2.20 bits per heavy atom. The van der Waals surface area contributed by atoms with Gasteiger partial charge in [0.15, 0.2) is 0 Å². The van der Waals surface area contributed by atoms with Crippen LogP contribution in [0.15, 0.2) is 18.2 Å². The van der Waals surface area contributed by atoms with Crippen molar-refractivity contribution in [3.63, 3.8) is 0 Å². The Labute approximate surface area is 87.3 Å². The summed E-state index contributed by atoms with van der Waals surface area (Å²) in [6.45, 7) is 5.82. The van der Waals surface area contributed by atoms with Gasteiger partial charge in [-0.3, -0.25) is 0 Å². The first-order chi connectivity index (χ1) is 7.15. The summed E-state index contributed by atoms with van der Waals surface area (Å²) in [6, 6.07) is 5.18. The highest BCUT2D eigenvalue weighted by Gasteiger charge is 2.12. The maximum Gasteiger partial charge on any atom is 0.387 e. The molecule has 2 nitrogen and oxygen atoms in total. The fourth-order valence-electron chi connectivity index (χ4n) is 1.34. The first kappa shape index (κ1) is 11.4. The molecule has 0 N–H and O–H groups in total. The molecule has 0 aromatic heterocycles. The summed E-state index contributed by atoms with van der Waals surface area (Å²) in [4.78, 5) is 3.19. The summed E-state index contributed by atoms with van der Waals surface area (Å²) < 4.78 is 28.7. The zero-order valence-electron chi connectivity index (χ0n) is 8.34. The minimum absolute atomic E-state index is 0.205. The summed E-state index contributed by atoms with van der Waals surface area (Å²) in [5.41, 5.74) is 1.32. The molecule has 0 aliphatic carbocycles. The van der Waals surface area contributed by atoms with Gasteiger partial charge in [-0.05, 0) is 12.5 Å². The molecule has 1 aromatic carbocycles. The zero-order valence-corrected chi connectivity index (χ0v) is 8.34. The van der Waals surface area contributed by atoms with Gasteiger partial charge < -0.3 is 9.58 Å². The average Bonchev–Trinajstić information content (AvgIpc) is 2.18. The number of para-hydroxylation sites is 1. The van der Waals surface area contributed by atoms with Crippen LogP contribution < -0.4 is 4.74 Å². The fraction of sp³-hybridized carbons (Fsp3) is 0.364. The van der Waals surface area contributed by atoms with Gasteiger partial charge in [0.2, 0.25) is 6.54 Å². The van der Waals surface area contributed by atoms with E-state index in [1.807, 2.05) is 0 Å². The van der Waals surface area contributed by atoms with E-state index in [1.54, 1.807) is 25.1 Å². The zero-order chi connectivity index (χ0) is 11.3. The van der Waals surface area contributed by atoms with Gasteiger partial charge in [-0.1, -0.05) is 18.2 Å². The number of halogens is 2. The molecule has 80 valence electrons. The van der Waals surface area contributed by atoms with E-state index in [-0.39, 0.29) is 12.3 Å². The molecule has 0 heterocycles. The second-order valence-electron chi connectivity index (χ2n) is 3.07. The highest BCUT2D eigenvalue weighted by Crippen LogP contribution is 2.25. The molecule has 0 fully saturated rings. The molecule has 1 aromatic rings. The third-order valence-electron chi connectivity index (χ3n) is 1.99. The first-order valence-corrected chi connectivity index (χ1v) is 4.51. The van der Waals surface area contributed by atoms with Gasteiger partial charge in [-0.25, -0.2) is 6.57 Å². The van der Waals surface area contributed by atoms with E-state index < -0.39 is 6.61 Å². The van der Waals surface area contributed by atoms with Crippen molar-refractivity contribution in [3.05, 3.63) is 40.7 Å². The summed E-state index contributed by atoms with van der Waals surface area (Å²) in [6.07, 6.45) is 0.438. The third-order valence-corrected chi connectivity index (χ3v) is 1.99. The lowest BCUT2D eigenvalue weighted by molar-refractivity contribution is -0.0508. The van der Waals surface area contributed by atoms with Gasteiger partial charge in [0.05, 0.1) is 0 Å². The topological polar surface area (TPSA) is 13.6 Å². The minimum atomic E-state index is -2.82. The van der Waals surface area contributed by atoms with Crippen LogP contribution >= 0.6 is 0 Å². The molecule has 0 aliphatic rings. The van der Waals surface area contributed by atoms with Crippen LogP contribution in [0.3, 0.4) is 0 Å². The number of ether oxygens (including phenoxy) is 1. The molecular weight excluding hydrogens is 200 g/mol. The molecular formula is C11H11F2NO. The number of alkyl halides is 2. The number of aryl methyl sites for hydroxylation is 1. The van der Waals surface area contributed by atoms with Crippen LogP contribution in [0.25, 0.3) is 4.85 Å². The number of nitrogens with zero attached hydrogens (tertiary/aromatic N) is 1. The number of hydrogen-bond acceptors (Lipinski definition) is 1. The molecule has 4 heteroatoms. The quantitative estimate of drug-likeness (QED) is 0.698. The van der Waals surface area contributed by atoms with E-state index >= 15 is 0 Å². The Morgan fingerprint density at radius 1 is 1.47 bits per heavy atom. The Kier molecular flexibility index (Phi) is 4.04. The molecule has 0 aliphatic heterocycles. The highest BCUT2D eigenvalue weighted by atomic mass is 19.3. The minimum Gasteiger partial charge on any atom is -0.434 e. The van der Waals surface area contributed by atoms with Gasteiger partial charge in [0.1, 0.15) is 5.75 Å². The Balaban J connectivity index is 2.93. The van der Waals surface area contributed by atoms with Crippen LogP contribution in [0.5, 0.6) is 5.75 Å². The van der Waals surface area contributed by atoms with Crippen molar-refractivity contribution in [2.75, 3.05) is 6.54 Å². The van der Waals surface area contributed by atoms with Crippen molar-refractivity contribution in [1.82, 2.24) is 0 Å². The Hall–Kier alpha value is -1.63. The van der Waals surface area contributed by atoms with E-state index in [4.69, 9.17) is 6.57 Å². The molecule has 0 atom stereocenters. The van der Waals surface area contributed by atoms with E-state index in [0.29, 0.717) is 17.5 Å². The fourth-order valence-corrected chi connectivity index (χ4v) is 1.34. The number of benzene rings is 1. The van der Waals surface area contributed by atoms with Crippen molar-refractivity contribution in [2.24, 2.45) is 0 Å². The summed E-state index contributed by atoms with van der Waals surface area (Å²) in [5.74, 6) is 0.205. The van der Waals surface area contributed by atoms with E-state index in [2.05, 4.69) is 9.58 Å². The third kappa shape index (κ3) is 3.21. The van der Waals surface area contributed by atoms with Crippen LogP contribution in [0, 0.1) is 13.5 Å². The van der Waals surface area contributed by atoms with Crippen molar-refractivity contribution < 1.29 is 13.5 Å². The smallest absolute Gasteiger partial charge is 0.387 e. The molecule has 0 amide bonds. The molecule has 0 saturated heterocycles. The van der Waals surface area contributed by atoms with Crippen molar-refractivity contribution in [2.45, 2.75) is 20.0 Å². The van der Waals surface area contributed by atoms with E-state index in [0.717, 1.165) is 0 Å². The molecule has 1 rings (SSSR count). The van der Waals surface area contributed by atoms with E-state index in [9.17, 15) is 8.78 Å². The van der Waals surface area contributed by atoms with Crippen LogP contribution in [0.2, 0.25) is 0 Å². The second kappa shape index (κ2) is 5.30. The summed E-state index contributed by atoms with van der Waals surface area (Å²) >= 11 is 0. The maximum absolute atomic E-state index is 12.1. The van der Waals surface area contributed by atoms with Crippen LogP contribution in [-0.2, 0) is 6.42 Å². The van der Waals surface area contributed by atoms with E-state index in [1.165, 1.54) is 0 Å². The monoisotopic (exact) mass is 211 g/mol. The SMILES string of the molecule is [C-]#[N+]CCc1cccc(C)c1OC(F)F. The lowest BCUT2D eigenvalue weighted by Crippen LogP contribution is -2.06. The highest BCUT2D eigenvalue weighted by molar-refractivity contribution is 5.41. The Morgan fingerprint density at radius 3 is 2.80 bits per heavy atom. The lowest BCUT2D eigenvalue weighted by atomic mass is 10.1. The van der Waals surface area contributed by atoms with Crippen molar-refractivity contribution in [3.8, 4) is 5.75 Å². The van der Waals surface area contributed by atoms with Gasteiger partial charge >= 0.3 is 6.61 Å².